The lowest BCUT2D eigenvalue weighted by Gasteiger charge is -2.29. The van der Waals surface area contributed by atoms with E-state index in [9.17, 15) is 0 Å². The molecule has 0 aliphatic carbocycles. The Labute approximate surface area is 287 Å². The van der Waals surface area contributed by atoms with Crippen LogP contribution in [0, 0.1) is 0 Å². The topological polar surface area (TPSA) is 16.4 Å². The van der Waals surface area contributed by atoms with Crippen LogP contribution in [0.5, 0.6) is 0 Å². The summed E-state index contributed by atoms with van der Waals surface area (Å²) in [5.41, 5.74) is 9.76. The van der Waals surface area contributed by atoms with Gasteiger partial charge in [0.15, 0.2) is 5.58 Å². The minimum atomic E-state index is 0.871. The molecule has 0 saturated heterocycles. The van der Waals surface area contributed by atoms with Gasteiger partial charge in [-0.15, -0.1) is 11.3 Å². The van der Waals surface area contributed by atoms with E-state index in [0.717, 1.165) is 50.1 Å². The van der Waals surface area contributed by atoms with Crippen LogP contribution < -0.4 is 4.90 Å². The largest absolute Gasteiger partial charge is 0.454 e. The summed E-state index contributed by atoms with van der Waals surface area (Å²) in [6, 6.07) is 63.1. The summed E-state index contributed by atoms with van der Waals surface area (Å²) in [5.74, 6) is 0. The van der Waals surface area contributed by atoms with Crippen molar-refractivity contribution in [2.75, 3.05) is 4.90 Å². The van der Waals surface area contributed by atoms with Gasteiger partial charge in [0.2, 0.25) is 0 Å². The highest BCUT2D eigenvalue weighted by Gasteiger charge is 2.25. The highest BCUT2D eigenvalue weighted by atomic mass is 32.1. The maximum absolute atomic E-state index is 6.75. The molecular formula is C46H29NOS. The Morgan fingerprint density at radius 1 is 0.408 bits per heavy atom. The number of hydrogen-bond donors (Lipinski definition) is 0. The van der Waals surface area contributed by atoms with Gasteiger partial charge in [-0.3, -0.25) is 0 Å². The molecule has 2 nitrogen and oxygen atoms in total. The number of para-hydroxylation sites is 3. The number of rotatable bonds is 5. The molecule has 2 aromatic heterocycles. The zero-order valence-electron chi connectivity index (χ0n) is 26.5. The fourth-order valence-corrected chi connectivity index (χ4v) is 8.75. The second-order valence-electron chi connectivity index (χ2n) is 12.4. The standard InChI is InChI=1S/C46H29NOS/c1-3-15-30(16-4-1)32-19-9-11-25-39(32)47(40-26-13-24-36-35-21-10-12-27-42(35)48-45(36)40)41-29-38-44-33(31-17-5-2-6-18-31)23-14-28-43(44)49-46(38)37-22-8-7-20-34(37)41/h1-29H. The van der Waals surface area contributed by atoms with Gasteiger partial charge in [0.1, 0.15) is 5.58 Å². The minimum Gasteiger partial charge on any atom is -0.454 e. The van der Waals surface area contributed by atoms with Gasteiger partial charge in [-0.25, -0.2) is 0 Å². The average Bonchev–Trinajstić information content (AvgIpc) is 3.75. The summed E-state index contributed by atoms with van der Waals surface area (Å²) in [6.45, 7) is 0. The smallest absolute Gasteiger partial charge is 0.159 e. The molecule has 0 aliphatic heterocycles. The number of anilines is 3. The number of benzene rings is 8. The Bertz CT molecular complexity index is 2830. The highest BCUT2D eigenvalue weighted by molar-refractivity contribution is 7.26. The molecule has 10 aromatic rings. The van der Waals surface area contributed by atoms with Crippen molar-refractivity contribution in [3.63, 3.8) is 0 Å². The Balaban J connectivity index is 1.36. The van der Waals surface area contributed by atoms with Crippen molar-refractivity contribution in [2.24, 2.45) is 0 Å². The van der Waals surface area contributed by atoms with Gasteiger partial charge in [0.25, 0.3) is 0 Å². The number of nitrogens with zero attached hydrogens (tertiary/aromatic N) is 1. The summed E-state index contributed by atoms with van der Waals surface area (Å²) in [7, 11) is 0. The van der Waals surface area contributed by atoms with Crippen molar-refractivity contribution in [3.05, 3.63) is 176 Å². The number of hydrogen-bond acceptors (Lipinski definition) is 3. The molecule has 0 atom stereocenters. The average molecular weight is 644 g/mol. The van der Waals surface area contributed by atoms with Crippen LogP contribution in [0.15, 0.2) is 180 Å². The summed E-state index contributed by atoms with van der Waals surface area (Å²) >= 11 is 1.88. The molecule has 0 saturated carbocycles. The molecule has 10 rings (SSSR count). The van der Waals surface area contributed by atoms with E-state index in [1.807, 2.05) is 17.4 Å². The molecule has 0 amide bonds. The molecule has 0 fully saturated rings. The molecule has 49 heavy (non-hydrogen) atoms. The van der Waals surface area contributed by atoms with Crippen molar-refractivity contribution in [2.45, 2.75) is 0 Å². The molecule has 8 aromatic carbocycles. The molecule has 0 spiro atoms. The lowest BCUT2D eigenvalue weighted by molar-refractivity contribution is 0.669. The van der Waals surface area contributed by atoms with Crippen molar-refractivity contribution < 1.29 is 4.42 Å². The maximum Gasteiger partial charge on any atom is 0.159 e. The molecular weight excluding hydrogens is 615 g/mol. The number of fused-ring (bicyclic) bond motifs is 8. The Morgan fingerprint density at radius 3 is 1.82 bits per heavy atom. The highest BCUT2D eigenvalue weighted by Crippen LogP contribution is 2.51. The van der Waals surface area contributed by atoms with E-state index < -0.39 is 0 Å². The first kappa shape index (κ1) is 27.9. The summed E-state index contributed by atoms with van der Waals surface area (Å²) in [6.07, 6.45) is 0. The molecule has 230 valence electrons. The molecule has 0 unspecified atom stereocenters. The van der Waals surface area contributed by atoms with E-state index in [1.54, 1.807) is 0 Å². The fourth-order valence-electron chi connectivity index (χ4n) is 7.50. The monoisotopic (exact) mass is 643 g/mol. The van der Waals surface area contributed by atoms with Crippen LogP contribution in [0.1, 0.15) is 0 Å². The van der Waals surface area contributed by atoms with E-state index in [4.69, 9.17) is 4.42 Å². The molecule has 0 aliphatic rings. The van der Waals surface area contributed by atoms with Crippen LogP contribution in [-0.4, -0.2) is 0 Å². The van der Waals surface area contributed by atoms with Crippen LogP contribution in [0.2, 0.25) is 0 Å². The van der Waals surface area contributed by atoms with Gasteiger partial charge in [-0.2, -0.15) is 0 Å². The van der Waals surface area contributed by atoms with Gasteiger partial charge in [-0.05, 0) is 47.0 Å². The second kappa shape index (κ2) is 11.2. The Kier molecular flexibility index (Phi) is 6.39. The number of thiophene rings is 1. The van der Waals surface area contributed by atoms with Crippen LogP contribution in [0.3, 0.4) is 0 Å². The summed E-state index contributed by atoms with van der Waals surface area (Å²) in [4.78, 5) is 2.43. The predicted molar refractivity (Wildman–Crippen MR) is 210 cm³/mol. The zero-order chi connectivity index (χ0) is 32.3. The van der Waals surface area contributed by atoms with E-state index in [1.165, 1.54) is 42.1 Å². The van der Waals surface area contributed by atoms with Crippen molar-refractivity contribution >= 4 is 81.3 Å². The first-order chi connectivity index (χ1) is 24.3. The lowest BCUT2D eigenvalue weighted by Crippen LogP contribution is -2.12. The first-order valence-electron chi connectivity index (χ1n) is 16.6. The van der Waals surface area contributed by atoms with E-state index >= 15 is 0 Å². The SMILES string of the molecule is c1ccc(-c2ccccc2N(c2cc3c(sc4cccc(-c5ccccc5)c43)c3ccccc23)c2cccc3c2oc2ccccc23)cc1. The third kappa shape index (κ3) is 4.40. The quantitative estimate of drug-likeness (QED) is 0.186. The van der Waals surface area contributed by atoms with E-state index in [0.29, 0.717) is 0 Å². The lowest BCUT2D eigenvalue weighted by atomic mass is 9.96. The molecule has 0 radical (unpaired) electrons. The molecule has 0 bridgehead atoms. The fraction of sp³-hybridized carbons (Fsp3) is 0. The molecule has 0 N–H and O–H groups in total. The third-order valence-corrected chi connectivity index (χ3v) is 10.9. The van der Waals surface area contributed by atoms with Gasteiger partial charge in [-0.1, -0.05) is 146 Å². The van der Waals surface area contributed by atoms with Gasteiger partial charge in [0.05, 0.1) is 17.1 Å². The van der Waals surface area contributed by atoms with Gasteiger partial charge in [0, 0.05) is 47.3 Å². The van der Waals surface area contributed by atoms with Gasteiger partial charge >= 0.3 is 0 Å². The van der Waals surface area contributed by atoms with Gasteiger partial charge < -0.3 is 9.32 Å². The van der Waals surface area contributed by atoms with Crippen LogP contribution >= 0.6 is 11.3 Å². The Morgan fingerprint density at radius 2 is 1.00 bits per heavy atom. The predicted octanol–water partition coefficient (Wildman–Crippen LogP) is 13.9. The number of furan rings is 1. The third-order valence-electron chi connectivity index (χ3n) is 9.66. The minimum absolute atomic E-state index is 0.871. The van der Waals surface area contributed by atoms with Crippen LogP contribution in [0.25, 0.3) is 75.1 Å². The second-order valence-corrected chi connectivity index (χ2v) is 13.5. The maximum atomic E-state index is 6.75. The normalized spacial score (nSPS) is 11.7. The first-order valence-corrected chi connectivity index (χ1v) is 17.4. The van der Waals surface area contributed by atoms with E-state index in [2.05, 4.69) is 175 Å². The van der Waals surface area contributed by atoms with Crippen LogP contribution in [-0.2, 0) is 0 Å². The zero-order valence-corrected chi connectivity index (χ0v) is 27.3. The van der Waals surface area contributed by atoms with Crippen molar-refractivity contribution in [3.8, 4) is 22.3 Å². The molecule has 2 heterocycles. The van der Waals surface area contributed by atoms with E-state index in [-0.39, 0.29) is 0 Å². The molecule has 3 heteroatoms. The van der Waals surface area contributed by atoms with Crippen molar-refractivity contribution in [1.29, 1.82) is 0 Å². The van der Waals surface area contributed by atoms with Crippen molar-refractivity contribution in [1.82, 2.24) is 0 Å². The Hall–Kier alpha value is -6.16. The summed E-state index contributed by atoms with van der Waals surface area (Å²) < 4.78 is 9.33. The van der Waals surface area contributed by atoms with Crippen LogP contribution in [0.4, 0.5) is 17.1 Å². The summed E-state index contributed by atoms with van der Waals surface area (Å²) in [5, 5.41) is 7.21.